The Balaban J connectivity index is 2.00. The second kappa shape index (κ2) is 7.41. The normalized spacial score (nSPS) is 21.8. The van der Waals surface area contributed by atoms with Crippen molar-refractivity contribution in [3.05, 3.63) is 29.8 Å². The van der Waals surface area contributed by atoms with E-state index < -0.39 is 24.2 Å². The topological polar surface area (TPSA) is 78.9 Å². The van der Waals surface area contributed by atoms with Gasteiger partial charge in [0.1, 0.15) is 6.17 Å². The van der Waals surface area contributed by atoms with Crippen molar-refractivity contribution in [3.63, 3.8) is 0 Å². The number of nitrogens with one attached hydrogen (secondary N) is 1. The summed E-state index contributed by atoms with van der Waals surface area (Å²) in [5.74, 6) is -0.729. The number of urea groups is 1. The van der Waals surface area contributed by atoms with E-state index in [4.69, 9.17) is 0 Å². The molecule has 3 atom stereocenters. The van der Waals surface area contributed by atoms with E-state index in [0.29, 0.717) is 5.69 Å². The summed E-state index contributed by atoms with van der Waals surface area (Å²) >= 11 is 0. The Hall–Kier alpha value is -2.15. The summed E-state index contributed by atoms with van der Waals surface area (Å²) < 4.78 is 18.1. The number of anilines is 1. The maximum atomic E-state index is 13.4. The van der Waals surface area contributed by atoms with Crippen molar-refractivity contribution < 1.29 is 23.8 Å². The maximum Gasteiger partial charge on any atom is 0.322 e. The standard InChI is InChI=1S/C16H21FN2O4/c1-10(15(21)23-2)11-3-5-13(6-4-11)18-16(22)19-8-12(17)7-14(19)9-20/h3-6,10,12,14,20H,7-9H2,1-2H3,(H,18,22)/t10?,12-,14-/m0/s1. The lowest BCUT2D eigenvalue weighted by atomic mass is 10.0. The molecule has 0 spiro atoms. The number of carbonyl (C=O) groups excluding carboxylic acids is 2. The number of aliphatic hydroxyl groups excluding tert-OH is 1. The number of rotatable bonds is 4. The van der Waals surface area contributed by atoms with E-state index in [-0.39, 0.29) is 25.5 Å². The van der Waals surface area contributed by atoms with Gasteiger partial charge in [-0.3, -0.25) is 4.79 Å². The van der Waals surface area contributed by atoms with Crippen LogP contribution >= 0.6 is 0 Å². The molecule has 1 fully saturated rings. The first-order valence-corrected chi connectivity index (χ1v) is 7.46. The van der Waals surface area contributed by atoms with Crippen molar-refractivity contribution in [1.82, 2.24) is 4.90 Å². The summed E-state index contributed by atoms with van der Waals surface area (Å²) in [6.07, 6.45) is -0.958. The molecule has 1 aromatic carbocycles. The summed E-state index contributed by atoms with van der Waals surface area (Å²) in [4.78, 5) is 25.0. The Morgan fingerprint density at radius 2 is 2.09 bits per heavy atom. The van der Waals surface area contributed by atoms with E-state index in [1.54, 1.807) is 31.2 Å². The number of hydrogen-bond donors (Lipinski definition) is 2. The van der Waals surface area contributed by atoms with Crippen LogP contribution in [-0.2, 0) is 9.53 Å². The SMILES string of the molecule is COC(=O)C(C)c1ccc(NC(=O)N2C[C@@H](F)C[C@H]2CO)cc1. The molecule has 1 unspecified atom stereocenters. The minimum Gasteiger partial charge on any atom is -0.469 e. The van der Waals surface area contributed by atoms with Crippen LogP contribution in [0.5, 0.6) is 0 Å². The number of methoxy groups -OCH3 is 1. The van der Waals surface area contributed by atoms with Crippen molar-refractivity contribution in [2.75, 3.05) is 25.6 Å². The number of amides is 2. The largest absolute Gasteiger partial charge is 0.469 e. The molecule has 1 aliphatic rings. The molecule has 1 saturated heterocycles. The van der Waals surface area contributed by atoms with Gasteiger partial charge in [-0.25, -0.2) is 9.18 Å². The highest BCUT2D eigenvalue weighted by atomic mass is 19.1. The van der Waals surface area contributed by atoms with Crippen LogP contribution in [0.2, 0.25) is 0 Å². The number of benzene rings is 1. The molecule has 126 valence electrons. The number of ether oxygens (including phenoxy) is 1. The Kier molecular flexibility index (Phi) is 5.54. The molecule has 6 nitrogen and oxygen atoms in total. The van der Waals surface area contributed by atoms with Crippen LogP contribution in [0.15, 0.2) is 24.3 Å². The molecule has 1 aromatic rings. The number of likely N-dealkylation sites (tertiary alicyclic amines) is 1. The Labute approximate surface area is 134 Å². The average Bonchev–Trinajstić information content (AvgIpc) is 2.95. The number of hydrogen-bond acceptors (Lipinski definition) is 4. The first-order valence-electron chi connectivity index (χ1n) is 7.46. The quantitative estimate of drug-likeness (QED) is 0.829. The van der Waals surface area contributed by atoms with Gasteiger partial charge in [-0.05, 0) is 24.6 Å². The van der Waals surface area contributed by atoms with Gasteiger partial charge in [0.2, 0.25) is 0 Å². The van der Waals surface area contributed by atoms with E-state index in [2.05, 4.69) is 10.1 Å². The van der Waals surface area contributed by atoms with Crippen molar-refractivity contribution in [1.29, 1.82) is 0 Å². The monoisotopic (exact) mass is 324 g/mol. The number of aliphatic hydroxyl groups is 1. The van der Waals surface area contributed by atoms with E-state index >= 15 is 0 Å². The summed E-state index contributed by atoms with van der Waals surface area (Å²) in [7, 11) is 1.33. The number of carbonyl (C=O) groups is 2. The number of esters is 1. The van der Waals surface area contributed by atoms with Crippen molar-refractivity contribution in [2.45, 2.75) is 31.5 Å². The maximum absolute atomic E-state index is 13.4. The molecule has 1 aliphatic heterocycles. The zero-order valence-corrected chi connectivity index (χ0v) is 13.2. The summed E-state index contributed by atoms with van der Waals surface area (Å²) in [6.45, 7) is 1.45. The van der Waals surface area contributed by atoms with Crippen LogP contribution in [0, 0.1) is 0 Å². The van der Waals surface area contributed by atoms with Crippen LogP contribution in [-0.4, -0.2) is 54.5 Å². The van der Waals surface area contributed by atoms with Gasteiger partial charge in [0.15, 0.2) is 0 Å². The molecule has 2 rings (SSSR count). The van der Waals surface area contributed by atoms with E-state index in [9.17, 15) is 19.1 Å². The van der Waals surface area contributed by atoms with Crippen molar-refractivity contribution in [3.8, 4) is 0 Å². The number of halogens is 1. The molecule has 0 radical (unpaired) electrons. The van der Waals surface area contributed by atoms with E-state index in [1.807, 2.05) is 0 Å². The molecule has 7 heteroatoms. The second-order valence-electron chi connectivity index (χ2n) is 5.62. The highest BCUT2D eigenvalue weighted by Crippen LogP contribution is 2.23. The number of nitrogens with zero attached hydrogens (tertiary/aromatic N) is 1. The third kappa shape index (κ3) is 3.98. The Morgan fingerprint density at radius 3 is 2.65 bits per heavy atom. The predicted molar refractivity (Wildman–Crippen MR) is 83.0 cm³/mol. The van der Waals surface area contributed by atoms with E-state index in [0.717, 1.165) is 5.56 Å². The zero-order chi connectivity index (χ0) is 17.0. The summed E-state index contributed by atoms with van der Waals surface area (Å²) in [6, 6.07) is 5.85. The van der Waals surface area contributed by atoms with Gasteiger partial charge in [0.05, 0.1) is 32.2 Å². The summed E-state index contributed by atoms with van der Waals surface area (Å²) in [5, 5.41) is 11.9. The number of alkyl halides is 1. The third-order valence-electron chi connectivity index (χ3n) is 4.05. The smallest absolute Gasteiger partial charge is 0.322 e. The average molecular weight is 324 g/mol. The molecule has 2 amide bonds. The predicted octanol–water partition coefficient (Wildman–Crippen LogP) is 1.90. The first-order chi connectivity index (χ1) is 11.0. The minimum absolute atomic E-state index is 0.0193. The molecule has 0 saturated carbocycles. The molecule has 2 N–H and O–H groups in total. The summed E-state index contributed by atoms with van der Waals surface area (Å²) in [5.41, 5.74) is 1.31. The van der Waals surface area contributed by atoms with Crippen LogP contribution in [0.4, 0.5) is 14.9 Å². The first kappa shape index (κ1) is 17.2. The third-order valence-corrected chi connectivity index (χ3v) is 4.05. The zero-order valence-electron chi connectivity index (χ0n) is 13.2. The minimum atomic E-state index is -1.11. The molecule has 1 heterocycles. The second-order valence-corrected chi connectivity index (χ2v) is 5.62. The highest BCUT2D eigenvalue weighted by Gasteiger charge is 2.34. The van der Waals surface area contributed by atoms with Gasteiger partial charge in [0.25, 0.3) is 0 Å². The fourth-order valence-electron chi connectivity index (χ4n) is 2.64. The van der Waals surface area contributed by atoms with Crippen LogP contribution in [0.25, 0.3) is 0 Å². The molecule has 0 aliphatic carbocycles. The van der Waals surface area contributed by atoms with Crippen LogP contribution < -0.4 is 5.32 Å². The lowest BCUT2D eigenvalue weighted by Gasteiger charge is -2.23. The molecule has 23 heavy (non-hydrogen) atoms. The van der Waals surface area contributed by atoms with Gasteiger partial charge < -0.3 is 20.1 Å². The molecule has 0 bridgehead atoms. The fraction of sp³-hybridized carbons (Fsp3) is 0.500. The van der Waals surface area contributed by atoms with Crippen LogP contribution in [0.3, 0.4) is 0 Å². The van der Waals surface area contributed by atoms with E-state index in [1.165, 1.54) is 12.0 Å². The van der Waals surface area contributed by atoms with Gasteiger partial charge in [-0.2, -0.15) is 0 Å². The van der Waals surface area contributed by atoms with Crippen molar-refractivity contribution >= 4 is 17.7 Å². The van der Waals surface area contributed by atoms with Gasteiger partial charge in [-0.15, -0.1) is 0 Å². The lowest BCUT2D eigenvalue weighted by Crippen LogP contribution is -2.40. The Morgan fingerprint density at radius 1 is 1.43 bits per heavy atom. The van der Waals surface area contributed by atoms with Gasteiger partial charge in [-0.1, -0.05) is 12.1 Å². The van der Waals surface area contributed by atoms with Crippen LogP contribution in [0.1, 0.15) is 24.8 Å². The highest BCUT2D eigenvalue weighted by molar-refractivity contribution is 5.90. The Bertz CT molecular complexity index is 564. The fourth-order valence-corrected chi connectivity index (χ4v) is 2.64. The van der Waals surface area contributed by atoms with Crippen molar-refractivity contribution in [2.24, 2.45) is 0 Å². The molecular weight excluding hydrogens is 303 g/mol. The molecular formula is C16H21FN2O4. The lowest BCUT2D eigenvalue weighted by molar-refractivity contribution is -0.141. The molecule has 0 aromatic heterocycles. The van der Waals surface area contributed by atoms with Gasteiger partial charge >= 0.3 is 12.0 Å². The van der Waals surface area contributed by atoms with Gasteiger partial charge in [0, 0.05) is 12.1 Å².